The second-order valence-corrected chi connectivity index (χ2v) is 4.15. The molecule has 0 aromatic rings. The molecule has 13 heavy (non-hydrogen) atoms. The molecule has 0 bridgehead atoms. The fourth-order valence-electron chi connectivity index (χ4n) is 2.11. The Morgan fingerprint density at radius 3 is 2.77 bits per heavy atom. The summed E-state index contributed by atoms with van der Waals surface area (Å²) in [6.07, 6.45) is 2.58. The zero-order valence-electron chi connectivity index (χ0n) is 8.42. The molecule has 2 heterocycles. The first-order valence-corrected chi connectivity index (χ1v) is 5.29. The van der Waals surface area contributed by atoms with Gasteiger partial charge in [-0.15, -0.1) is 0 Å². The number of likely N-dealkylation sites (tertiary alicyclic amines) is 1. The van der Waals surface area contributed by atoms with E-state index in [2.05, 4.69) is 11.8 Å². The summed E-state index contributed by atoms with van der Waals surface area (Å²) < 4.78 is 11.2. The summed E-state index contributed by atoms with van der Waals surface area (Å²) in [5.41, 5.74) is 0.0754. The van der Waals surface area contributed by atoms with Crippen LogP contribution < -0.4 is 0 Å². The first kappa shape index (κ1) is 9.44. The molecule has 0 aliphatic carbocycles. The Labute approximate surface area is 80.0 Å². The summed E-state index contributed by atoms with van der Waals surface area (Å²) in [7, 11) is 0. The lowest BCUT2D eigenvalue weighted by Gasteiger charge is -2.51. The van der Waals surface area contributed by atoms with Crippen molar-refractivity contribution in [2.45, 2.75) is 25.4 Å². The molecule has 3 nitrogen and oxygen atoms in total. The summed E-state index contributed by atoms with van der Waals surface area (Å²) >= 11 is 0. The largest absolute Gasteiger partial charge is 0.376 e. The van der Waals surface area contributed by atoms with Crippen molar-refractivity contribution < 1.29 is 9.47 Å². The Hall–Kier alpha value is -0.120. The summed E-state index contributed by atoms with van der Waals surface area (Å²) in [6.45, 7) is 7.96. The van der Waals surface area contributed by atoms with Crippen LogP contribution >= 0.6 is 0 Å². The second kappa shape index (κ2) is 3.95. The number of hydrogen-bond donors (Lipinski definition) is 0. The van der Waals surface area contributed by atoms with E-state index < -0.39 is 0 Å². The molecule has 1 spiro atoms. The molecule has 2 rings (SSSR count). The van der Waals surface area contributed by atoms with Crippen LogP contribution in [0.15, 0.2) is 0 Å². The Kier molecular flexibility index (Phi) is 2.86. The lowest BCUT2D eigenvalue weighted by Crippen LogP contribution is -2.67. The normalized spacial score (nSPS) is 27.5. The lowest BCUT2D eigenvalue weighted by molar-refractivity contribution is -0.216. The van der Waals surface area contributed by atoms with Crippen molar-refractivity contribution in [1.29, 1.82) is 0 Å². The van der Waals surface area contributed by atoms with Crippen molar-refractivity contribution in [3.63, 3.8) is 0 Å². The minimum absolute atomic E-state index is 0.0754. The van der Waals surface area contributed by atoms with Crippen LogP contribution in [0.5, 0.6) is 0 Å². The van der Waals surface area contributed by atoms with Gasteiger partial charge in [-0.2, -0.15) is 0 Å². The van der Waals surface area contributed by atoms with Gasteiger partial charge >= 0.3 is 0 Å². The van der Waals surface area contributed by atoms with Gasteiger partial charge in [-0.25, -0.2) is 0 Å². The predicted octanol–water partition coefficient (Wildman–Crippen LogP) is 0.888. The number of nitrogens with zero attached hydrogens (tertiary/aromatic N) is 1. The summed E-state index contributed by atoms with van der Waals surface area (Å²) in [4.78, 5) is 2.46. The Bertz CT molecular complexity index is 158. The molecule has 2 fully saturated rings. The zero-order chi connectivity index (χ0) is 9.15. The van der Waals surface area contributed by atoms with Gasteiger partial charge in [-0.1, -0.05) is 13.3 Å². The van der Waals surface area contributed by atoms with E-state index in [1.165, 1.54) is 19.4 Å². The number of hydrogen-bond acceptors (Lipinski definition) is 3. The van der Waals surface area contributed by atoms with Gasteiger partial charge < -0.3 is 9.47 Å². The lowest BCUT2D eigenvalue weighted by atomic mass is 9.94. The molecule has 76 valence electrons. The standard InChI is InChI=1S/C10H19NO2/c1-2-3-4-11-7-10(8-11)9-12-5-6-13-10/h2-9H2,1H3. The van der Waals surface area contributed by atoms with E-state index in [-0.39, 0.29) is 5.60 Å². The van der Waals surface area contributed by atoms with E-state index in [4.69, 9.17) is 9.47 Å². The van der Waals surface area contributed by atoms with Crippen LogP contribution in [0, 0.1) is 0 Å². The van der Waals surface area contributed by atoms with E-state index in [0.717, 1.165) is 32.9 Å². The topological polar surface area (TPSA) is 21.7 Å². The van der Waals surface area contributed by atoms with Gasteiger partial charge in [0.2, 0.25) is 0 Å². The average molecular weight is 185 g/mol. The summed E-state index contributed by atoms with van der Waals surface area (Å²) in [5.74, 6) is 0. The third-order valence-electron chi connectivity index (χ3n) is 2.85. The van der Waals surface area contributed by atoms with Crippen LogP contribution in [0.25, 0.3) is 0 Å². The van der Waals surface area contributed by atoms with Crippen LogP contribution in [0.3, 0.4) is 0 Å². The van der Waals surface area contributed by atoms with Gasteiger partial charge in [0.1, 0.15) is 5.60 Å². The smallest absolute Gasteiger partial charge is 0.117 e. The predicted molar refractivity (Wildman–Crippen MR) is 50.9 cm³/mol. The van der Waals surface area contributed by atoms with Crippen molar-refractivity contribution in [3.8, 4) is 0 Å². The maximum absolute atomic E-state index is 5.74. The van der Waals surface area contributed by atoms with Crippen LogP contribution in [-0.2, 0) is 9.47 Å². The molecule has 0 aromatic heterocycles. The number of unbranched alkanes of at least 4 members (excludes halogenated alkanes) is 1. The van der Waals surface area contributed by atoms with Gasteiger partial charge in [0.05, 0.1) is 19.8 Å². The molecule has 2 saturated heterocycles. The van der Waals surface area contributed by atoms with Crippen molar-refractivity contribution in [2.24, 2.45) is 0 Å². The Morgan fingerprint density at radius 2 is 2.15 bits per heavy atom. The van der Waals surface area contributed by atoms with E-state index in [1.54, 1.807) is 0 Å². The minimum atomic E-state index is 0.0754. The monoisotopic (exact) mass is 185 g/mol. The minimum Gasteiger partial charge on any atom is -0.376 e. The fourth-order valence-corrected chi connectivity index (χ4v) is 2.11. The van der Waals surface area contributed by atoms with Crippen molar-refractivity contribution in [2.75, 3.05) is 39.5 Å². The highest BCUT2D eigenvalue weighted by Gasteiger charge is 2.45. The highest BCUT2D eigenvalue weighted by atomic mass is 16.6. The SMILES string of the molecule is CCCCN1CC2(COCCO2)C1. The van der Waals surface area contributed by atoms with Gasteiger partial charge in [0.15, 0.2) is 0 Å². The summed E-state index contributed by atoms with van der Waals surface area (Å²) in [5, 5.41) is 0. The number of ether oxygens (including phenoxy) is 2. The molecule has 0 radical (unpaired) electrons. The maximum Gasteiger partial charge on any atom is 0.117 e. The van der Waals surface area contributed by atoms with Crippen LogP contribution in [0.2, 0.25) is 0 Å². The first-order chi connectivity index (χ1) is 6.35. The molecule has 0 amide bonds. The zero-order valence-corrected chi connectivity index (χ0v) is 8.42. The maximum atomic E-state index is 5.74. The molecular weight excluding hydrogens is 166 g/mol. The Morgan fingerprint density at radius 1 is 1.31 bits per heavy atom. The van der Waals surface area contributed by atoms with Crippen LogP contribution in [0.4, 0.5) is 0 Å². The van der Waals surface area contributed by atoms with Crippen LogP contribution in [-0.4, -0.2) is 50.0 Å². The highest BCUT2D eigenvalue weighted by Crippen LogP contribution is 2.27. The van der Waals surface area contributed by atoms with Crippen molar-refractivity contribution in [1.82, 2.24) is 4.90 Å². The molecule has 0 unspecified atom stereocenters. The highest BCUT2D eigenvalue weighted by molar-refractivity contribution is 4.98. The van der Waals surface area contributed by atoms with E-state index in [0.29, 0.717) is 0 Å². The van der Waals surface area contributed by atoms with Gasteiger partial charge in [0, 0.05) is 13.1 Å². The van der Waals surface area contributed by atoms with Crippen molar-refractivity contribution >= 4 is 0 Å². The van der Waals surface area contributed by atoms with Gasteiger partial charge in [-0.05, 0) is 13.0 Å². The quantitative estimate of drug-likeness (QED) is 0.651. The van der Waals surface area contributed by atoms with Crippen molar-refractivity contribution in [3.05, 3.63) is 0 Å². The average Bonchev–Trinajstić information content (AvgIpc) is 2.13. The fraction of sp³-hybridized carbons (Fsp3) is 1.00. The van der Waals surface area contributed by atoms with Gasteiger partial charge in [0.25, 0.3) is 0 Å². The number of rotatable bonds is 3. The van der Waals surface area contributed by atoms with E-state index in [9.17, 15) is 0 Å². The third kappa shape index (κ3) is 2.03. The van der Waals surface area contributed by atoms with E-state index >= 15 is 0 Å². The van der Waals surface area contributed by atoms with E-state index in [1.807, 2.05) is 0 Å². The first-order valence-electron chi connectivity index (χ1n) is 5.29. The van der Waals surface area contributed by atoms with Crippen LogP contribution in [0.1, 0.15) is 19.8 Å². The molecule has 0 aromatic carbocycles. The summed E-state index contributed by atoms with van der Waals surface area (Å²) in [6, 6.07) is 0. The molecule has 3 heteroatoms. The second-order valence-electron chi connectivity index (χ2n) is 4.15. The third-order valence-corrected chi connectivity index (χ3v) is 2.85. The molecule has 2 aliphatic rings. The molecular formula is C10H19NO2. The molecule has 0 N–H and O–H groups in total. The Balaban J connectivity index is 1.69. The molecule has 2 aliphatic heterocycles. The molecule has 0 atom stereocenters. The molecule has 0 saturated carbocycles. The van der Waals surface area contributed by atoms with Gasteiger partial charge in [-0.3, -0.25) is 4.90 Å².